The number of ether oxygens (including phenoxy) is 1. The first kappa shape index (κ1) is 11.1. The topological polar surface area (TPSA) is 79.3 Å². The normalized spacial score (nSPS) is 10.2. The molecule has 0 spiro atoms. The molecule has 0 unspecified atom stereocenters. The molecule has 0 fully saturated rings. The van der Waals surface area contributed by atoms with E-state index in [1.807, 2.05) is 6.07 Å². The molecule has 0 saturated carbocycles. The quantitative estimate of drug-likeness (QED) is 0.555. The minimum absolute atomic E-state index is 0.160. The molecular formula is C11H10N2O4. The van der Waals surface area contributed by atoms with Crippen LogP contribution in [0.5, 0.6) is 5.95 Å². The number of nitrogens with zero attached hydrogens (tertiary/aromatic N) is 2. The van der Waals surface area contributed by atoms with Crippen LogP contribution in [0, 0.1) is 0 Å². The van der Waals surface area contributed by atoms with Crippen molar-refractivity contribution in [2.24, 2.45) is 0 Å². The number of hydrogen-bond acceptors (Lipinski definition) is 5. The fraction of sp³-hybridized carbons (Fsp3) is 0.182. The van der Waals surface area contributed by atoms with E-state index in [9.17, 15) is 9.90 Å². The zero-order valence-electron chi connectivity index (χ0n) is 9.12. The van der Waals surface area contributed by atoms with E-state index in [-0.39, 0.29) is 12.3 Å². The van der Waals surface area contributed by atoms with Gasteiger partial charge >= 0.3 is 5.97 Å². The Morgan fingerprint density at radius 2 is 2.18 bits per heavy atom. The lowest BCUT2D eigenvalue weighted by atomic mass is 10.3. The highest BCUT2D eigenvalue weighted by Gasteiger charge is 2.20. The fourth-order valence-corrected chi connectivity index (χ4v) is 1.33. The molecule has 6 heteroatoms. The first-order chi connectivity index (χ1) is 8.18. The summed E-state index contributed by atoms with van der Waals surface area (Å²) >= 11 is 0. The van der Waals surface area contributed by atoms with Crippen LogP contribution in [0.2, 0.25) is 0 Å². The third-order valence-corrected chi connectivity index (χ3v) is 2.11. The molecule has 1 heterocycles. The summed E-state index contributed by atoms with van der Waals surface area (Å²) in [5.74, 6) is -1.08. The van der Waals surface area contributed by atoms with Crippen LogP contribution in [-0.4, -0.2) is 11.2 Å². The van der Waals surface area contributed by atoms with Gasteiger partial charge in [-0.25, -0.2) is 0 Å². The van der Waals surface area contributed by atoms with Gasteiger partial charge in [0.15, 0.2) is 12.6 Å². The van der Waals surface area contributed by atoms with Crippen molar-refractivity contribution in [3.05, 3.63) is 36.0 Å². The Hall–Kier alpha value is -2.37. The summed E-state index contributed by atoms with van der Waals surface area (Å²) in [6.07, 6.45) is 0. The molecule has 0 aliphatic carbocycles. The fourth-order valence-electron chi connectivity index (χ4n) is 1.33. The number of para-hydroxylation sites is 1. The van der Waals surface area contributed by atoms with Gasteiger partial charge in [-0.2, -0.15) is 0 Å². The Bertz CT molecular complexity index is 522. The van der Waals surface area contributed by atoms with Crippen LogP contribution in [0.1, 0.15) is 12.6 Å². The summed E-state index contributed by atoms with van der Waals surface area (Å²) in [7, 11) is 0. The highest BCUT2D eigenvalue weighted by molar-refractivity contribution is 5.65. The third-order valence-electron chi connectivity index (χ3n) is 2.11. The molecule has 2 rings (SSSR count). The zero-order valence-corrected chi connectivity index (χ0v) is 9.12. The highest BCUT2D eigenvalue weighted by atomic mass is 16.6. The first-order valence-electron chi connectivity index (χ1n) is 4.95. The molecule has 0 aliphatic rings. The number of carbonyl (C=O) groups excluding carboxylic acids is 1. The van der Waals surface area contributed by atoms with Crippen LogP contribution in [-0.2, 0) is 16.1 Å². The molecule has 1 aromatic heterocycles. The summed E-state index contributed by atoms with van der Waals surface area (Å²) in [4.78, 5) is 10.7. The van der Waals surface area contributed by atoms with E-state index >= 15 is 0 Å². The second kappa shape index (κ2) is 4.65. The molecule has 0 radical (unpaired) electrons. The van der Waals surface area contributed by atoms with Crippen LogP contribution >= 0.6 is 0 Å². The maximum absolute atomic E-state index is 11.4. The summed E-state index contributed by atoms with van der Waals surface area (Å²) in [5.41, 5.74) is 0.840. The summed E-state index contributed by atoms with van der Waals surface area (Å²) < 4.78 is 10.6. The van der Waals surface area contributed by atoms with E-state index < -0.39 is 11.9 Å². The van der Waals surface area contributed by atoms with E-state index in [4.69, 9.17) is 4.74 Å². The van der Waals surface area contributed by atoms with Gasteiger partial charge in [-0.1, -0.05) is 18.2 Å². The Balaban J connectivity index is 2.32. The van der Waals surface area contributed by atoms with Gasteiger partial charge < -0.3 is 14.4 Å². The summed E-state index contributed by atoms with van der Waals surface area (Å²) in [6, 6.07) is 8.97. The monoisotopic (exact) mass is 234 g/mol. The van der Waals surface area contributed by atoms with Crippen LogP contribution < -0.4 is 9.79 Å². The number of hydrogen-bond donors (Lipinski definition) is 0. The van der Waals surface area contributed by atoms with Gasteiger partial charge in [-0.05, 0) is 4.68 Å². The van der Waals surface area contributed by atoms with Crippen LogP contribution in [0.25, 0.3) is 5.69 Å². The van der Waals surface area contributed by atoms with Crippen LogP contribution in [0.4, 0.5) is 0 Å². The molecule has 2 aromatic rings. The van der Waals surface area contributed by atoms with Crippen molar-refractivity contribution in [1.82, 2.24) is 5.27 Å². The van der Waals surface area contributed by atoms with E-state index in [1.165, 1.54) is 11.6 Å². The van der Waals surface area contributed by atoms with Crippen molar-refractivity contribution in [2.75, 3.05) is 0 Å². The summed E-state index contributed by atoms with van der Waals surface area (Å²) in [5, 5.41) is 15.0. The Labute approximate surface area is 97.0 Å². The average Bonchev–Trinajstić information content (AvgIpc) is 2.69. The summed E-state index contributed by atoms with van der Waals surface area (Å²) in [6.45, 7) is 1.11. The highest BCUT2D eigenvalue weighted by Crippen LogP contribution is 2.11. The standard InChI is InChI=1S/C11H10N2O4/c1-8(14)16-7-10-11(15)17-12-13(10)9-5-3-2-4-6-9/h2-6H,7H2,1H3. The first-order valence-corrected chi connectivity index (χ1v) is 4.95. The number of benzene rings is 1. The molecule has 0 atom stereocenters. The number of esters is 1. The largest absolute Gasteiger partial charge is 0.539 e. The van der Waals surface area contributed by atoms with E-state index in [1.54, 1.807) is 24.3 Å². The molecule has 0 N–H and O–H groups in total. The zero-order chi connectivity index (χ0) is 12.3. The van der Waals surface area contributed by atoms with Crippen molar-refractivity contribution in [3.63, 3.8) is 0 Å². The van der Waals surface area contributed by atoms with Crippen molar-refractivity contribution in [2.45, 2.75) is 13.5 Å². The molecule has 0 saturated heterocycles. The minimum atomic E-state index is -0.616. The van der Waals surface area contributed by atoms with E-state index in [0.717, 1.165) is 0 Å². The van der Waals surface area contributed by atoms with E-state index in [2.05, 4.69) is 9.79 Å². The Morgan fingerprint density at radius 1 is 1.47 bits per heavy atom. The lowest BCUT2D eigenvalue weighted by Crippen LogP contribution is -2.37. The second-order valence-corrected chi connectivity index (χ2v) is 3.33. The Kier molecular flexibility index (Phi) is 3.04. The molecule has 6 nitrogen and oxygen atoms in total. The molecule has 0 amide bonds. The predicted octanol–water partition coefficient (Wildman–Crippen LogP) is 0.0880. The molecule has 88 valence electrons. The molecule has 1 aromatic carbocycles. The van der Waals surface area contributed by atoms with Crippen molar-refractivity contribution < 1.29 is 23.8 Å². The van der Waals surface area contributed by atoms with Crippen LogP contribution in [0.3, 0.4) is 0 Å². The van der Waals surface area contributed by atoms with Gasteiger partial charge in [0, 0.05) is 19.1 Å². The number of rotatable bonds is 3. The molecular weight excluding hydrogens is 224 g/mol. The molecule has 0 aliphatic heterocycles. The van der Waals surface area contributed by atoms with Gasteiger partial charge in [-0.15, -0.1) is 0 Å². The lowest BCUT2D eigenvalue weighted by molar-refractivity contribution is -0.679. The maximum atomic E-state index is 11.4. The van der Waals surface area contributed by atoms with Gasteiger partial charge in [0.1, 0.15) is 0 Å². The van der Waals surface area contributed by atoms with Gasteiger partial charge in [-0.3, -0.25) is 4.79 Å². The van der Waals surface area contributed by atoms with Crippen molar-refractivity contribution in [3.8, 4) is 11.6 Å². The second-order valence-electron chi connectivity index (χ2n) is 3.33. The average molecular weight is 234 g/mol. The van der Waals surface area contributed by atoms with Gasteiger partial charge in [0.25, 0.3) is 5.69 Å². The van der Waals surface area contributed by atoms with Crippen molar-refractivity contribution in [1.29, 1.82) is 0 Å². The van der Waals surface area contributed by atoms with Gasteiger partial charge in [0.05, 0.1) is 5.27 Å². The van der Waals surface area contributed by atoms with Gasteiger partial charge in [0.2, 0.25) is 5.69 Å². The smallest absolute Gasteiger partial charge is 0.303 e. The number of carbonyl (C=O) groups is 1. The molecule has 0 bridgehead atoms. The lowest BCUT2D eigenvalue weighted by Gasteiger charge is -1.98. The molecule has 17 heavy (non-hydrogen) atoms. The SMILES string of the molecule is CC(=O)OCc1c([O-])on[n+]1-c1ccccc1. The van der Waals surface area contributed by atoms with Crippen molar-refractivity contribution >= 4 is 5.97 Å². The Morgan fingerprint density at radius 3 is 2.82 bits per heavy atom. The maximum Gasteiger partial charge on any atom is 0.303 e. The minimum Gasteiger partial charge on any atom is -0.539 e. The van der Waals surface area contributed by atoms with E-state index in [0.29, 0.717) is 5.69 Å². The predicted molar refractivity (Wildman–Crippen MR) is 53.0 cm³/mol. The number of aromatic nitrogens is 2. The third kappa shape index (κ3) is 2.41. The van der Waals surface area contributed by atoms with Crippen LogP contribution in [0.15, 0.2) is 34.9 Å².